The number of hydrogen-bond acceptors (Lipinski definition) is 2. The van der Waals surface area contributed by atoms with E-state index in [1.165, 1.54) is 19.3 Å². The van der Waals surface area contributed by atoms with Crippen LogP contribution < -0.4 is 10.7 Å². The molecule has 6 heteroatoms. The highest BCUT2D eigenvalue weighted by atomic mass is 35.5. The second-order valence-electron chi connectivity index (χ2n) is 6.92. The Hall–Kier alpha value is -1.10. The van der Waals surface area contributed by atoms with Crippen LogP contribution in [-0.2, 0) is 0 Å². The molecule has 3 aliphatic rings. The van der Waals surface area contributed by atoms with Gasteiger partial charge in [-0.05, 0) is 72.8 Å². The average Bonchev–Trinajstić information content (AvgIpc) is 3.23. The summed E-state index contributed by atoms with van der Waals surface area (Å²) in [6.45, 7) is 0. The molecule has 1 aromatic rings. The van der Waals surface area contributed by atoms with E-state index in [0.29, 0.717) is 21.2 Å². The number of allylic oxidation sites excluding steroid dienone is 2. The Labute approximate surface area is 157 Å². The minimum absolute atomic E-state index is 0.471. The van der Waals surface area contributed by atoms with Gasteiger partial charge in [0, 0.05) is 6.04 Å². The highest BCUT2D eigenvalue weighted by Gasteiger charge is 2.52. The molecule has 4 rings (SSSR count). The van der Waals surface area contributed by atoms with Crippen molar-refractivity contribution in [1.82, 2.24) is 10.7 Å². The van der Waals surface area contributed by atoms with E-state index >= 15 is 0 Å². The molecular weight excluding hydrogens is 361 g/mol. The normalized spacial score (nSPS) is 33.2. The lowest BCUT2D eigenvalue weighted by molar-refractivity contribution is 0.246. The number of benzene rings is 1. The minimum atomic E-state index is 0.471. The summed E-state index contributed by atoms with van der Waals surface area (Å²) in [6, 6.07) is 5.86. The summed E-state index contributed by atoms with van der Waals surface area (Å²) < 4.78 is 0. The van der Waals surface area contributed by atoms with Crippen LogP contribution in [0.1, 0.15) is 24.8 Å². The number of fused-ring (bicyclic) bond motifs is 5. The number of rotatable bonds is 3. The standard InChI is InChI=1S/C18H19Cl2N3S/c19-15-5-4-10(6-16(15)20)9-21-23-18(24)22-17-8-11-7-14(17)13-3-1-2-12(11)13/h1,3-6,9,11-14,17H,2,7-8H2,(H2,22,23,24)/b21-9-/t11-,12-,13+,14-,17-/m1/s1. The molecule has 0 amide bonds. The highest BCUT2D eigenvalue weighted by molar-refractivity contribution is 7.80. The van der Waals surface area contributed by atoms with Crippen molar-refractivity contribution in [2.75, 3.05) is 0 Å². The van der Waals surface area contributed by atoms with Crippen LogP contribution in [0.3, 0.4) is 0 Å². The number of hydrazone groups is 1. The van der Waals surface area contributed by atoms with E-state index in [9.17, 15) is 0 Å². The summed E-state index contributed by atoms with van der Waals surface area (Å²) in [7, 11) is 0. The molecule has 1 aromatic carbocycles. The van der Waals surface area contributed by atoms with Gasteiger partial charge in [0.15, 0.2) is 5.11 Å². The SMILES string of the molecule is S=C(N/N=C\c1ccc(Cl)c(Cl)c1)N[C@@H]1C[C@H]2C[C@@H]1[C@H]1C=CC[C@H]21. The Morgan fingerprint density at radius 1 is 1.21 bits per heavy atom. The minimum Gasteiger partial charge on any atom is -0.358 e. The van der Waals surface area contributed by atoms with Crippen molar-refractivity contribution in [2.24, 2.45) is 28.8 Å². The third-order valence-corrected chi connectivity index (χ3v) is 6.60. The molecule has 0 radical (unpaired) electrons. The van der Waals surface area contributed by atoms with Gasteiger partial charge < -0.3 is 5.32 Å². The first-order valence-electron chi connectivity index (χ1n) is 8.33. The summed E-state index contributed by atoms with van der Waals surface area (Å²) in [5, 5.41) is 9.28. The fourth-order valence-electron chi connectivity index (χ4n) is 4.67. The molecule has 24 heavy (non-hydrogen) atoms. The summed E-state index contributed by atoms with van der Waals surface area (Å²) in [5.74, 6) is 3.22. The van der Waals surface area contributed by atoms with Crippen molar-refractivity contribution in [3.05, 3.63) is 46.0 Å². The zero-order chi connectivity index (χ0) is 16.7. The van der Waals surface area contributed by atoms with Gasteiger partial charge >= 0.3 is 0 Å². The monoisotopic (exact) mass is 379 g/mol. The maximum atomic E-state index is 5.99. The lowest BCUT2D eigenvalue weighted by Gasteiger charge is -2.32. The van der Waals surface area contributed by atoms with Gasteiger partial charge in [-0.3, -0.25) is 5.43 Å². The molecule has 0 spiro atoms. The number of halogens is 2. The lowest BCUT2D eigenvalue weighted by Crippen LogP contribution is -2.45. The molecule has 0 aromatic heterocycles. The second-order valence-corrected chi connectivity index (χ2v) is 8.15. The van der Waals surface area contributed by atoms with E-state index in [0.717, 1.165) is 29.2 Å². The van der Waals surface area contributed by atoms with E-state index in [4.69, 9.17) is 35.4 Å². The molecule has 2 saturated carbocycles. The van der Waals surface area contributed by atoms with Gasteiger partial charge in [0.05, 0.1) is 16.3 Å². The Morgan fingerprint density at radius 2 is 2.08 bits per heavy atom. The van der Waals surface area contributed by atoms with Gasteiger partial charge in [0.1, 0.15) is 0 Å². The Kier molecular flexibility index (Phi) is 4.54. The Balaban J connectivity index is 1.30. The van der Waals surface area contributed by atoms with Crippen LogP contribution in [0.15, 0.2) is 35.5 Å². The fraction of sp³-hybridized carbons (Fsp3) is 0.444. The first-order chi connectivity index (χ1) is 11.6. The van der Waals surface area contributed by atoms with Gasteiger partial charge in [0.2, 0.25) is 0 Å². The first-order valence-corrected chi connectivity index (χ1v) is 9.49. The number of nitrogens with one attached hydrogen (secondary N) is 2. The lowest BCUT2D eigenvalue weighted by atomic mass is 9.79. The summed E-state index contributed by atoms with van der Waals surface area (Å²) in [5.41, 5.74) is 3.78. The van der Waals surface area contributed by atoms with Crippen LogP contribution in [0.2, 0.25) is 10.0 Å². The molecule has 5 atom stereocenters. The van der Waals surface area contributed by atoms with Crippen molar-refractivity contribution >= 4 is 46.7 Å². The highest BCUT2D eigenvalue weighted by Crippen LogP contribution is 2.56. The number of hydrogen-bond donors (Lipinski definition) is 2. The Morgan fingerprint density at radius 3 is 2.92 bits per heavy atom. The number of thiocarbonyl (C=S) groups is 1. The van der Waals surface area contributed by atoms with Crippen molar-refractivity contribution in [1.29, 1.82) is 0 Å². The molecule has 3 nitrogen and oxygen atoms in total. The predicted octanol–water partition coefficient (Wildman–Crippen LogP) is 4.39. The predicted molar refractivity (Wildman–Crippen MR) is 104 cm³/mol. The molecule has 2 N–H and O–H groups in total. The van der Waals surface area contributed by atoms with E-state index in [2.05, 4.69) is 28.0 Å². The van der Waals surface area contributed by atoms with E-state index in [1.54, 1.807) is 18.3 Å². The molecule has 0 saturated heterocycles. The van der Waals surface area contributed by atoms with Crippen molar-refractivity contribution in [3.8, 4) is 0 Å². The Bertz CT molecular complexity index is 718. The third kappa shape index (κ3) is 3.07. The van der Waals surface area contributed by atoms with Gasteiger partial charge in [-0.2, -0.15) is 5.10 Å². The zero-order valence-corrected chi connectivity index (χ0v) is 15.4. The topological polar surface area (TPSA) is 36.4 Å². The number of nitrogens with zero attached hydrogens (tertiary/aromatic N) is 1. The maximum Gasteiger partial charge on any atom is 0.187 e. The van der Waals surface area contributed by atoms with Crippen molar-refractivity contribution in [2.45, 2.75) is 25.3 Å². The zero-order valence-electron chi connectivity index (χ0n) is 13.1. The molecule has 0 unspecified atom stereocenters. The van der Waals surface area contributed by atoms with Crippen molar-refractivity contribution < 1.29 is 0 Å². The molecule has 0 aliphatic heterocycles. The van der Waals surface area contributed by atoms with Gasteiger partial charge in [0.25, 0.3) is 0 Å². The van der Waals surface area contributed by atoms with E-state index in [1.807, 2.05) is 6.07 Å². The van der Waals surface area contributed by atoms with Crippen LogP contribution in [0, 0.1) is 23.7 Å². The van der Waals surface area contributed by atoms with Crippen LogP contribution >= 0.6 is 35.4 Å². The van der Waals surface area contributed by atoms with Gasteiger partial charge in [-0.25, -0.2) is 0 Å². The third-order valence-electron chi connectivity index (χ3n) is 5.65. The van der Waals surface area contributed by atoms with E-state index in [-0.39, 0.29) is 0 Å². The van der Waals surface area contributed by atoms with E-state index < -0.39 is 0 Å². The second kappa shape index (κ2) is 6.66. The van der Waals surface area contributed by atoms with Gasteiger partial charge in [-0.15, -0.1) is 0 Å². The molecule has 2 fully saturated rings. The van der Waals surface area contributed by atoms with Crippen LogP contribution in [-0.4, -0.2) is 17.4 Å². The summed E-state index contributed by atoms with van der Waals surface area (Å²) >= 11 is 17.3. The van der Waals surface area contributed by atoms with Crippen LogP contribution in [0.25, 0.3) is 0 Å². The maximum absolute atomic E-state index is 5.99. The van der Waals surface area contributed by atoms with Crippen molar-refractivity contribution in [3.63, 3.8) is 0 Å². The smallest absolute Gasteiger partial charge is 0.187 e. The molecule has 3 aliphatic carbocycles. The molecule has 2 bridgehead atoms. The van der Waals surface area contributed by atoms with Gasteiger partial charge in [-0.1, -0.05) is 41.4 Å². The molecule has 126 valence electrons. The van der Waals surface area contributed by atoms with Crippen LogP contribution in [0.5, 0.6) is 0 Å². The molecule has 0 heterocycles. The quantitative estimate of drug-likeness (QED) is 0.353. The summed E-state index contributed by atoms with van der Waals surface area (Å²) in [6.07, 6.45) is 10.3. The average molecular weight is 380 g/mol. The summed E-state index contributed by atoms with van der Waals surface area (Å²) in [4.78, 5) is 0. The fourth-order valence-corrected chi connectivity index (χ4v) is 5.18. The molecular formula is C18H19Cl2N3S. The largest absolute Gasteiger partial charge is 0.358 e. The van der Waals surface area contributed by atoms with Crippen LogP contribution in [0.4, 0.5) is 0 Å². The first kappa shape index (κ1) is 16.4.